The number of ether oxygens (including phenoxy) is 1. The maximum absolute atomic E-state index is 5.65. The van der Waals surface area contributed by atoms with Gasteiger partial charge in [-0.2, -0.15) is 4.98 Å². The third-order valence-electron chi connectivity index (χ3n) is 4.39. The van der Waals surface area contributed by atoms with Crippen LogP contribution in [-0.2, 0) is 6.54 Å². The first-order chi connectivity index (χ1) is 12.6. The Bertz CT molecular complexity index is 1010. The Morgan fingerprint density at radius 1 is 1.12 bits per heavy atom. The van der Waals surface area contributed by atoms with Gasteiger partial charge in [-0.15, -0.1) is 0 Å². The number of benzene rings is 2. The molecule has 3 N–H and O–H groups in total. The molecule has 0 radical (unpaired) electrons. The predicted octanol–water partition coefficient (Wildman–Crippen LogP) is 3.47. The first kappa shape index (κ1) is 16.1. The Hall–Kier alpha value is -3.41. The summed E-state index contributed by atoms with van der Waals surface area (Å²) in [6.07, 6.45) is 1.63. The van der Waals surface area contributed by atoms with Crippen molar-refractivity contribution in [3.8, 4) is 5.75 Å². The third kappa shape index (κ3) is 2.97. The number of fused-ring (bicyclic) bond motifs is 1. The molecule has 1 aromatic heterocycles. The molecule has 6 nitrogen and oxygen atoms in total. The van der Waals surface area contributed by atoms with Gasteiger partial charge < -0.3 is 15.8 Å². The average molecular weight is 345 g/mol. The Morgan fingerprint density at radius 2 is 2.00 bits per heavy atom. The van der Waals surface area contributed by atoms with Crippen LogP contribution in [0.5, 0.6) is 5.75 Å². The highest BCUT2D eigenvalue weighted by atomic mass is 16.5. The highest BCUT2D eigenvalue weighted by Crippen LogP contribution is 2.29. The molecule has 0 aliphatic carbocycles. The summed E-state index contributed by atoms with van der Waals surface area (Å²) in [7, 11) is 1.68. The van der Waals surface area contributed by atoms with E-state index in [4.69, 9.17) is 15.5 Å². The second-order valence-corrected chi connectivity index (χ2v) is 6.15. The van der Waals surface area contributed by atoms with Crippen molar-refractivity contribution in [3.63, 3.8) is 0 Å². The summed E-state index contributed by atoms with van der Waals surface area (Å²) in [6.45, 7) is 2.73. The van der Waals surface area contributed by atoms with Crippen molar-refractivity contribution in [2.75, 3.05) is 18.2 Å². The summed E-state index contributed by atoms with van der Waals surface area (Å²) >= 11 is 0. The molecule has 0 bridgehead atoms. The molecule has 0 unspecified atom stereocenters. The van der Waals surface area contributed by atoms with E-state index in [0.717, 1.165) is 33.8 Å². The van der Waals surface area contributed by atoms with E-state index in [-0.39, 0.29) is 5.95 Å². The maximum atomic E-state index is 5.65. The number of methoxy groups -OCH3 is 1. The minimum absolute atomic E-state index is 0.243. The Balaban J connectivity index is 1.66. The van der Waals surface area contributed by atoms with Gasteiger partial charge in [-0.25, -0.2) is 4.98 Å². The Morgan fingerprint density at radius 3 is 2.77 bits per heavy atom. The lowest BCUT2D eigenvalue weighted by molar-refractivity contribution is 0.411. The molecule has 130 valence electrons. The summed E-state index contributed by atoms with van der Waals surface area (Å²) in [6, 6.07) is 14.1. The largest absolute Gasteiger partial charge is 0.496 e. The summed E-state index contributed by atoms with van der Waals surface area (Å²) in [5.74, 6) is 1.78. The minimum Gasteiger partial charge on any atom is -0.496 e. The molecule has 0 fully saturated rings. The second kappa shape index (κ2) is 6.48. The molecular formula is C20H19N5O. The zero-order chi connectivity index (χ0) is 18.1. The van der Waals surface area contributed by atoms with Crippen LogP contribution in [0.3, 0.4) is 0 Å². The average Bonchev–Trinajstić information content (AvgIpc) is 3.05. The minimum atomic E-state index is 0.243. The van der Waals surface area contributed by atoms with Crippen molar-refractivity contribution in [1.29, 1.82) is 0 Å². The van der Waals surface area contributed by atoms with Gasteiger partial charge in [0.25, 0.3) is 0 Å². The molecule has 6 heteroatoms. The lowest BCUT2D eigenvalue weighted by Gasteiger charge is -2.11. The highest BCUT2D eigenvalue weighted by Gasteiger charge is 2.18. The van der Waals surface area contributed by atoms with Crippen LogP contribution in [0.4, 0.5) is 17.5 Å². The fraction of sp³-hybridized carbons (Fsp3) is 0.150. The van der Waals surface area contributed by atoms with Crippen molar-refractivity contribution < 1.29 is 4.74 Å². The van der Waals surface area contributed by atoms with Gasteiger partial charge in [0, 0.05) is 23.0 Å². The van der Waals surface area contributed by atoms with Crippen LogP contribution >= 0.6 is 0 Å². The van der Waals surface area contributed by atoms with E-state index in [9.17, 15) is 0 Å². The van der Waals surface area contributed by atoms with E-state index < -0.39 is 0 Å². The van der Waals surface area contributed by atoms with Crippen molar-refractivity contribution in [3.05, 3.63) is 70.9 Å². The molecule has 0 spiro atoms. The molecule has 2 heterocycles. The molecule has 3 aromatic rings. The van der Waals surface area contributed by atoms with E-state index in [2.05, 4.69) is 33.5 Å². The fourth-order valence-electron chi connectivity index (χ4n) is 3.13. The standard InChI is InChI=1S/C20H19N5O/c1-12-9-13(4-6-17(12)26-2)19-16-10-15(5-3-14(16)11-23-19)24-18-7-8-22-20(21)25-18/h3-10H,11H2,1-2H3,(H3,21,22,24,25). The van der Waals surface area contributed by atoms with Gasteiger partial charge >= 0.3 is 0 Å². The molecule has 26 heavy (non-hydrogen) atoms. The van der Waals surface area contributed by atoms with Crippen molar-refractivity contribution in [2.24, 2.45) is 4.99 Å². The maximum Gasteiger partial charge on any atom is 0.221 e. The zero-order valence-corrected chi connectivity index (χ0v) is 14.7. The molecule has 1 aliphatic heterocycles. The zero-order valence-electron chi connectivity index (χ0n) is 14.7. The van der Waals surface area contributed by atoms with Crippen LogP contribution in [0.2, 0.25) is 0 Å². The quantitative estimate of drug-likeness (QED) is 0.756. The van der Waals surface area contributed by atoms with Crippen LogP contribution in [0.25, 0.3) is 0 Å². The van der Waals surface area contributed by atoms with Crippen LogP contribution in [-0.4, -0.2) is 22.8 Å². The van der Waals surface area contributed by atoms with Crippen molar-refractivity contribution >= 4 is 23.2 Å². The predicted molar refractivity (Wildman–Crippen MR) is 103 cm³/mol. The molecule has 0 saturated heterocycles. The van der Waals surface area contributed by atoms with Gasteiger partial charge in [-0.05, 0) is 54.4 Å². The monoisotopic (exact) mass is 345 g/mol. The summed E-state index contributed by atoms with van der Waals surface area (Å²) < 4.78 is 5.36. The Labute approximate surface area is 151 Å². The number of aromatic nitrogens is 2. The van der Waals surface area contributed by atoms with Crippen molar-refractivity contribution in [1.82, 2.24) is 9.97 Å². The van der Waals surface area contributed by atoms with Gasteiger partial charge in [-0.1, -0.05) is 6.07 Å². The van der Waals surface area contributed by atoms with Gasteiger partial charge in [-0.3, -0.25) is 4.99 Å². The van der Waals surface area contributed by atoms with E-state index in [1.807, 2.05) is 25.1 Å². The molecule has 4 rings (SSSR count). The molecule has 1 aliphatic rings. The van der Waals surface area contributed by atoms with E-state index in [0.29, 0.717) is 12.4 Å². The van der Waals surface area contributed by atoms with Crippen LogP contribution in [0.15, 0.2) is 53.7 Å². The number of hydrogen-bond acceptors (Lipinski definition) is 6. The van der Waals surface area contributed by atoms with E-state index in [1.165, 1.54) is 5.56 Å². The van der Waals surface area contributed by atoms with Gasteiger partial charge in [0.2, 0.25) is 5.95 Å². The number of nitrogen functional groups attached to an aromatic ring is 1. The fourth-order valence-corrected chi connectivity index (χ4v) is 3.13. The lowest BCUT2D eigenvalue weighted by atomic mass is 9.98. The lowest BCUT2D eigenvalue weighted by Crippen LogP contribution is -2.04. The molecule has 2 aromatic carbocycles. The first-order valence-electron chi connectivity index (χ1n) is 8.32. The molecule has 0 atom stereocenters. The SMILES string of the molecule is COc1ccc(C2=NCc3ccc(Nc4ccnc(N)n4)cc32)cc1C. The number of rotatable bonds is 4. The number of nitrogens with one attached hydrogen (secondary N) is 1. The highest BCUT2D eigenvalue weighted by molar-refractivity contribution is 6.15. The normalized spacial score (nSPS) is 12.5. The second-order valence-electron chi connectivity index (χ2n) is 6.15. The topological polar surface area (TPSA) is 85.4 Å². The van der Waals surface area contributed by atoms with Gasteiger partial charge in [0.1, 0.15) is 11.6 Å². The number of aryl methyl sites for hydroxylation is 1. The van der Waals surface area contributed by atoms with Crippen LogP contribution < -0.4 is 15.8 Å². The number of nitrogens with two attached hydrogens (primary N) is 1. The van der Waals surface area contributed by atoms with Crippen LogP contribution in [0, 0.1) is 6.92 Å². The van der Waals surface area contributed by atoms with E-state index >= 15 is 0 Å². The van der Waals surface area contributed by atoms with Gasteiger partial charge in [0.05, 0.1) is 19.4 Å². The van der Waals surface area contributed by atoms with Gasteiger partial charge in [0.15, 0.2) is 0 Å². The third-order valence-corrected chi connectivity index (χ3v) is 4.39. The van der Waals surface area contributed by atoms with Crippen molar-refractivity contribution in [2.45, 2.75) is 13.5 Å². The smallest absolute Gasteiger partial charge is 0.221 e. The Kier molecular flexibility index (Phi) is 4.01. The van der Waals surface area contributed by atoms with Crippen LogP contribution in [0.1, 0.15) is 22.3 Å². The summed E-state index contributed by atoms with van der Waals surface area (Å²) in [5, 5.41) is 3.27. The number of hydrogen-bond donors (Lipinski definition) is 2. The molecule has 0 amide bonds. The van der Waals surface area contributed by atoms with E-state index in [1.54, 1.807) is 19.4 Å². The summed E-state index contributed by atoms with van der Waals surface area (Å²) in [5.41, 5.74) is 12.1. The first-order valence-corrected chi connectivity index (χ1v) is 8.32. The number of aliphatic imine (C=N–C) groups is 1. The molecular weight excluding hydrogens is 326 g/mol. The number of nitrogens with zero attached hydrogens (tertiary/aromatic N) is 3. The summed E-state index contributed by atoms with van der Waals surface area (Å²) in [4.78, 5) is 12.8. The number of anilines is 3. The molecule has 0 saturated carbocycles.